The Kier molecular flexibility index (Phi) is 10.4. The van der Waals surface area contributed by atoms with Crippen LogP contribution in [0.25, 0.3) is 10.8 Å². The van der Waals surface area contributed by atoms with Gasteiger partial charge in [-0.05, 0) is 45.2 Å². The fraction of sp³-hybridized carbons (Fsp3) is 0.474. The summed E-state index contributed by atoms with van der Waals surface area (Å²) in [5, 5.41) is 2.82. The van der Waals surface area contributed by atoms with Crippen molar-refractivity contribution in [3.8, 4) is 0 Å². The largest absolute Gasteiger partial charge is 1.00 e. The zero-order valence-corrected chi connectivity index (χ0v) is 18.6. The van der Waals surface area contributed by atoms with Crippen molar-refractivity contribution in [2.75, 3.05) is 0 Å². The first-order chi connectivity index (χ1) is 10.7. The summed E-state index contributed by atoms with van der Waals surface area (Å²) in [6.45, 7) is 13.9. The van der Waals surface area contributed by atoms with E-state index in [1.807, 2.05) is 0 Å². The predicted octanol–water partition coefficient (Wildman–Crippen LogP) is 2.98. The van der Waals surface area contributed by atoms with Gasteiger partial charge in [-0.25, -0.2) is 0 Å². The molecule has 1 N–H and O–H groups in total. The van der Waals surface area contributed by atoms with Crippen molar-refractivity contribution in [1.82, 2.24) is 0 Å². The maximum atomic E-state index is 8.56. The second-order valence-corrected chi connectivity index (χ2v) is 7.13. The molecule has 2 aromatic carbocycles. The van der Waals surface area contributed by atoms with Crippen molar-refractivity contribution >= 4 is 21.8 Å². The normalized spacial score (nSPS) is 11.0. The van der Waals surface area contributed by atoms with Gasteiger partial charge in [0.05, 0.1) is 0 Å². The van der Waals surface area contributed by atoms with Crippen molar-refractivity contribution in [3.05, 3.63) is 47.0 Å². The fourth-order valence-electron chi connectivity index (χ4n) is 3.16. The Balaban J connectivity index is 0.000000954. The van der Waals surface area contributed by atoms with Gasteiger partial charge in [0.1, 0.15) is 0 Å². The summed E-state index contributed by atoms with van der Waals surface area (Å²) < 4.78 is 24.1. The topological polar surface area (TPSA) is 54.4 Å². The third-order valence-corrected chi connectivity index (χ3v) is 3.94. The number of fused-ring (bicyclic) bond motifs is 1. The number of rotatable bonds is 3. The third kappa shape index (κ3) is 6.16. The molecule has 0 bridgehead atoms. The van der Waals surface area contributed by atoms with Crippen LogP contribution in [0.4, 0.5) is 0 Å². The first-order valence-electron chi connectivity index (χ1n) is 8.00. The maximum absolute atomic E-state index is 8.56. The Morgan fingerprint density at radius 2 is 1.29 bits per heavy atom. The van der Waals surface area contributed by atoms with E-state index in [1.165, 1.54) is 16.3 Å². The quantitative estimate of drug-likeness (QED) is 0.397. The van der Waals surface area contributed by atoms with Gasteiger partial charge in [0.2, 0.25) is 0 Å². The van der Waals surface area contributed by atoms with Crippen LogP contribution in [0.5, 0.6) is 0 Å². The van der Waals surface area contributed by atoms with Crippen molar-refractivity contribution < 1.29 is 42.5 Å². The van der Waals surface area contributed by atoms with E-state index < -0.39 is 11.0 Å². The zero-order chi connectivity index (χ0) is 17.7. The van der Waals surface area contributed by atoms with E-state index in [-0.39, 0.29) is 29.6 Å². The summed E-state index contributed by atoms with van der Waals surface area (Å²) in [6.07, 6.45) is 0. The van der Waals surface area contributed by atoms with Crippen LogP contribution in [0.2, 0.25) is 0 Å². The molecular weight excluding hydrogens is 331 g/mol. The van der Waals surface area contributed by atoms with E-state index in [9.17, 15) is 0 Å². The van der Waals surface area contributed by atoms with Gasteiger partial charge < -0.3 is 13.0 Å². The van der Waals surface area contributed by atoms with Gasteiger partial charge in [-0.2, -0.15) is 0 Å². The molecule has 2 aromatic rings. The Labute approximate surface area is 169 Å². The molecule has 0 radical (unpaired) electrons. The molecule has 2 rings (SSSR count). The second kappa shape index (κ2) is 10.6. The van der Waals surface area contributed by atoms with Crippen molar-refractivity contribution in [2.24, 2.45) is 0 Å². The number of benzene rings is 2. The number of hydrogen-bond donors (Lipinski definition) is 1. The molecule has 3 nitrogen and oxygen atoms in total. The minimum atomic E-state index is -2.86. The molecule has 0 atom stereocenters. The van der Waals surface area contributed by atoms with E-state index in [0.717, 1.165) is 0 Å². The summed E-state index contributed by atoms with van der Waals surface area (Å²) in [7, 11) is -2.86. The van der Waals surface area contributed by atoms with E-state index in [2.05, 4.69) is 71.9 Å². The molecule has 0 fully saturated rings. The predicted molar refractivity (Wildman–Crippen MR) is 97.6 cm³/mol. The molecule has 5 heteroatoms. The van der Waals surface area contributed by atoms with E-state index in [4.69, 9.17) is 13.0 Å². The zero-order valence-electron chi connectivity index (χ0n) is 15.8. The van der Waals surface area contributed by atoms with Gasteiger partial charge in [0, 0.05) is 11.0 Å². The van der Waals surface area contributed by atoms with Crippen LogP contribution in [0.1, 0.15) is 76.0 Å². The third-order valence-electron chi connectivity index (χ3n) is 3.94. The van der Waals surface area contributed by atoms with Crippen LogP contribution in [0, 0.1) is 0 Å². The van der Waals surface area contributed by atoms with Gasteiger partial charge in [-0.15, -0.1) is 0 Å². The summed E-state index contributed by atoms with van der Waals surface area (Å²) in [5.74, 6) is 1.74. The molecule has 0 heterocycles. The Hall–Kier alpha value is -0.390. The fourth-order valence-corrected chi connectivity index (χ4v) is 3.16. The summed E-state index contributed by atoms with van der Waals surface area (Å²) in [6, 6.07) is 11.2. The van der Waals surface area contributed by atoms with Gasteiger partial charge in [-0.3, -0.25) is 0 Å². The molecular formula is C19H27NaO3S. The molecule has 0 spiro atoms. The standard InChI is InChI=1S/C19H26.Na.HO3S/c1-12(2)17-11-15-9-7-8-10-16(15)18(13(3)4)19(17)14(5)6;;1-4(2)3/h7-14H,1-6H3;;(H,1,2,3)/q;+1;-1. The molecule has 0 aromatic heterocycles. The molecule has 0 aliphatic carbocycles. The summed E-state index contributed by atoms with van der Waals surface area (Å²) in [4.78, 5) is 0. The van der Waals surface area contributed by atoms with Gasteiger partial charge in [-0.1, -0.05) is 71.9 Å². The molecule has 0 aliphatic rings. The molecule has 0 aliphatic heterocycles. The van der Waals surface area contributed by atoms with Gasteiger partial charge in [0.15, 0.2) is 0 Å². The van der Waals surface area contributed by atoms with Crippen LogP contribution >= 0.6 is 0 Å². The Morgan fingerprint density at radius 3 is 1.71 bits per heavy atom. The maximum Gasteiger partial charge on any atom is 1.00 e. The smallest absolute Gasteiger partial charge is 0.439 e. The van der Waals surface area contributed by atoms with Crippen molar-refractivity contribution in [1.29, 1.82) is 0 Å². The van der Waals surface area contributed by atoms with Crippen LogP contribution in [-0.4, -0.2) is 4.55 Å². The first-order valence-corrected chi connectivity index (χ1v) is 9.03. The number of hydrogen-bond acceptors (Lipinski definition) is 3. The SMILES string of the molecule is CC(C)c1cc2ccccc2c(C(C)C)c1C(C)C.O=[S-](=O)O.[Na+]. The average Bonchev–Trinajstić information content (AvgIpc) is 2.43. The summed E-state index contributed by atoms with van der Waals surface area (Å²) in [5.41, 5.74) is 4.65. The average molecular weight is 358 g/mol. The van der Waals surface area contributed by atoms with Crippen molar-refractivity contribution in [3.63, 3.8) is 0 Å². The van der Waals surface area contributed by atoms with E-state index in [1.54, 1.807) is 11.1 Å². The molecule has 0 unspecified atom stereocenters. The van der Waals surface area contributed by atoms with Crippen LogP contribution in [-0.2, 0) is 19.4 Å². The second-order valence-electron chi connectivity index (χ2n) is 6.70. The Bertz CT molecular complexity index is 727. The van der Waals surface area contributed by atoms with Crippen LogP contribution in [0.3, 0.4) is 0 Å². The van der Waals surface area contributed by atoms with Crippen LogP contribution < -0.4 is 29.6 Å². The minimum Gasteiger partial charge on any atom is -0.439 e. The van der Waals surface area contributed by atoms with Crippen molar-refractivity contribution in [2.45, 2.75) is 59.3 Å². The van der Waals surface area contributed by atoms with E-state index >= 15 is 0 Å². The van der Waals surface area contributed by atoms with Gasteiger partial charge >= 0.3 is 29.6 Å². The molecule has 0 saturated heterocycles. The van der Waals surface area contributed by atoms with Crippen LogP contribution in [0.15, 0.2) is 30.3 Å². The molecule has 0 amide bonds. The minimum absolute atomic E-state index is 0. The monoisotopic (exact) mass is 358 g/mol. The first kappa shape index (κ1) is 23.6. The molecule has 0 saturated carbocycles. The van der Waals surface area contributed by atoms with E-state index in [0.29, 0.717) is 17.8 Å². The Morgan fingerprint density at radius 1 is 0.833 bits per heavy atom. The van der Waals surface area contributed by atoms with Gasteiger partial charge in [0.25, 0.3) is 0 Å². The molecule has 24 heavy (non-hydrogen) atoms. The molecule has 128 valence electrons. The summed E-state index contributed by atoms with van der Waals surface area (Å²) >= 11 is 0.